The molecule has 6 N–H and O–H groups in total. The summed E-state index contributed by atoms with van der Waals surface area (Å²) in [7, 11) is 0. The van der Waals surface area contributed by atoms with Gasteiger partial charge < -0.3 is 16.0 Å². The highest BCUT2D eigenvalue weighted by atomic mass is 15.3. The first-order valence-corrected chi connectivity index (χ1v) is 8.04. The Kier molecular flexibility index (Phi) is 3.68. The fourth-order valence-corrected chi connectivity index (χ4v) is 2.92. The molecule has 1 aliphatic rings. The van der Waals surface area contributed by atoms with Gasteiger partial charge in [-0.3, -0.25) is 10.7 Å². The van der Waals surface area contributed by atoms with Crippen LogP contribution in [0.2, 0.25) is 0 Å². The lowest BCUT2D eigenvalue weighted by molar-refractivity contribution is 0.531. The summed E-state index contributed by atoms with van der Waals surface area (Å²) in [6, 6.07) is 9.57. The van der Waals surface area contributed by atoms with E-state index in [-0.39, 0.29) is 0 Å². The molecule has 1 unspecified atom stereocenters. The molecule has 4 rings (SSSR count). The van der Waals surface area contributed by atoms with E-state index >= 15 is 0 Å². The Morgan fingerprint density at radius 1 is 1.15 bits per heavy atom. The summed E-state index contributed by atoms with van der Waals surface area (Å²) < 4.78 is 0. The SMILES string of the molecule is Cc1cc(C#Cc2cccnc2)ccc1C1(N)N=C(N)c2[nH]cnc2N1. The fraction of sp³-hybridized carbons (Fsp3) is 0.105. The van der Waals surface area contributed by atoms with E-state index in [0.29, 0.717) is 17.3 Å². The van der Waals surface area contributed by atoms with Gasteiger partial charge in [0, 0.05) is 29.1 Å². The molecule has 0 fully saturated rings. The second-order valence-electron chi connectivity index (χ2n) is 6.04. The lowest BCUT2D eigenvalue weighted by Crippen LogP contribution is -2.48. The summed E-state index contributed by atoms with van der Waals surface area (Å²) in [5.41, 5.74) is 16.7. The molecule has 1 aromatic carbocycles. The van der Waals surface area contributed by atoms with Crippen LogP contribution in [0.3, 0.4) is 0 Å². The summed E-state index contributed by atoms with van der Waals surface area (Å²) in [6.45, 7) is 1.96. The van der Waals surface area contributed by atoms with Crippen LogP contribution >= 0.6 is 0 Å². The molecule has 0 radical (unpaired) electrons. The van der Waals surface area contributed by atoms with Crippen LogP contribution in [0, 0.1) is 18.8 Å². The normalized spacial score (nSPS) is 18.2. The number of fused-ring (bicyclic) bond motifs is 1. The van der Waals surface area contributed by atoms with E-state index in [0.717, 1.165) is 22.3 Å². The molecule has 1 atom stereocenters. The molecule has 1 aliphatic heterocycles. The van der Waals surface area contributed by atoms with Crippen molar-refractivity contribution in [1.29, 1.82) is 0 Å². The molecule has 7 heteroatoms. The standard InChI is InChI=1S/C19H17N7/c1-12-9-13(4-5-14-3-2-8-22-10-14)6-7-15(12)19(21)25-17(20)16-18(26-19)24-11-23-16/h2-3,6-11,26H,21H2,1H3,(H2,20,25)(H,23,24). The zero-order valence-electron chi connectivity index (χ0n) is 14.1. The number of benzene rings is 1. The number of amidine groups is 1. The number of hydrogen-bond acceptors (Lipinski definition) is 6. The molecular weight excluding hydrogens is 326 g/mol. The van der Waals surface area contributed by atoms with E-state index in [1.54, 1.807) is 18.7 Å². The number of imidazole rings is 1. The van der Waals surface area contributed by atoms with Gasteiger partial charge >= 0.3 is 0 Å². The highest BCUT2D eigenvalue weighted by Crippen LogP contribution is 2.30. The third-order valence-electron chi connectivity index (χ3n) is 4.15. The first-order valence-electron chi connectivity index (χ1n) is 8.04. The van der Waals surface area contributed by atoms with E-state index in [1.807, 2.05) is 37.3 Å². The van der Waals surface area contributed by atoms with Crippen LogP contribution in [0.5, 0.6) is 0 Å². The summed E-state index contributed by atoms with van der Waals surface area (Å²) in [5, 5.41) is 3.14. The molecule has 26 heavy (non-hydrogen) atoms. The highest BCUT2D eigenvalue weighted by Gasteiger charge is 2.34. The molecule has 0 amide bonds. The predicted octanol–water partition coefficient (Wildman–Crippen LogP) is 1.41. The molecule has 128 valence electrons. The van der Waals surface area contributed by atoms with Crippen molar-refractivity contribution >= 4 is 11.7 Å². The number of aliphatic imine (C=N–C) groups is 1. The molecule has 0 saturated heterocycles. The number of aromatic nitrogens is 3. The summed E-state index contributed by atoms with van der Waals surface area (Å²) in [6.07, 6.45) is 5.00. The number of nitrogens with one attached hydrogen (secondary N) is 2. The van der Waals surface area contributed by atoms with E-state index in [4.69, 9.17) is 11.5 Å². The van der Waals surface area contributed by atoms with Crippen molar-refractivity contribution in [3.63, 3.8) is 0 Å². The van der Waals surface area contributed by atoms with Crippen LogP contribution in [0.25, 0.3) is 0 Å². The maximum atomic E-state index is 6.48. The third kappa shape index (κ3) is 2.79. The van der Waals surface area contributed by atoms with Crippen molar-refractivity contribution in [2.45, 2.75) is 12.7 Å². The quantitative estimate of drug-likeness (QED) is 0.498. The zero-order chi connectivity index (χ0) is 18.1. The largest absolute Gasteiger partial charge is 0.382 e. The first kappa shape index (κ1) is 15.9. The van der Waals surface area contributed by atoms with Crippen molar-refractivity contribution in [3.8, 4) is 11.8 Å². The number of aromatic amines is 1. The van der Waals surface area contributed by atoms with Crippen LogP contribution in [0.1, 0.15) is 27.9 Å². The monoisotopic (exact) mass is 343 g/mol. The molecule has 0 saturated carbocycles. The lowest BCUT2D eigenvalue weighted by atomic mass is 9.98. The van der Waals surface area contributed by atoms with Gasteiger partial charge in [0.2, 0.25) is 5.79 Å². The number of H-pyrrole nitrogens is 1. The van der Waals surface area contributed by atoms with Crippen LogP contribution in [-0.4, -0.2) is 20.8 Å². The Balaban J connectivity index is 1.67. The second-order valence-corrected chi connectivity index (χ2v) is 6.04. The summed E-state index contributed by atoms with van der Waals surface area (Å²) >= 11 is 0. The van der Waals surface area contributed by atoms with E-state index in [2.05, 4.69) is 37.1 Å². The number of rotatable bonds is 1. The molecule has 2 aromatic heterocycles. The average molecular weight is 343 g/mol. The number of nitrogens with zero attached hydrogens (tertiary/aromatic N) is 3. The van der Waals surface area contributed by atoms with Crippen LogP contribution in [0.4, 0.5) is 5.82 Å². The predicted molar refractivity (Wildman–Crippen MR) is 100 cm³/mol. The number of hydrogen-bond donors (Lipinski definition) is 4. The molecule has 3 heterocycles. The van der Waals surface area contributed by atoms with Gasteiger partial charge in [-0.15, -0.1) is 0 Å². The minimum Gasteiger partial charge on any atom is -0.382 e. The lowest BCUT2D eigenvalue weighted by Gasteiger charge is -2.32. The fourth-order valence-electron chi connectivity index (χ4n) is 2.92. The van der Waals surface area contributed by atoms with Crippen molar-refractivity contribution in [3.05, 3.63) is 77.0 Å². The zero-order valence-corrected chi connectivity index (χ0v) is 14.1. The van der Waals surface area contributed by atoms with Crippen molar-refractivity contribution < 1.29 is 0 Å². The van der Waals surface area contributed by atoms with Gasteiger partial charge in [0.25, 0.3) is 0 Å². The smallest absolute Gasteiger partial charge is 0.212 e. The minimum atomic E-state index is -1.17. The van der Waals surface area contributed by atoms with Gasteiger partial charge in [0.1, 0.15) is 5.69 Å². The van der Waals surface area contributed by atoms with Crippen LogP contribution in [-0.2, 0) is 5.79 Å². The number of nitrogens with two attached hydrogens (primary N) is 2. The number of pyridine rings is 1. The molecule has 3 aromatic rings. The van der Waals surface area contributed by atoms with Crippen LogP contribution < -0.4 is 16.8 Å². The molecule has 0 aliphatic carbocycles. The van der Waals surface area contributed by atoms with E-state index in [1.165, 1.54) is 0 Å². The highest BCUT2D eigenvalue weighted by molar-refractivity contribution is 6.01. The number of anilines is 1. The number of aryl methyl sites for hydroxylation is 1. The molecule has 7 nitrogen and oxygen atoms in total. The maximum absolute atomic E-state index is 6.48. The van der Waals surface area contributed by atoms with Gasteiger partial charge in [-0.2, -0.15) is 0 Å². The summed E-state index contributed by atoms with van der Waals surface area (Å²) in [4.78, 5) is 15.6. The first-order chi connectivity index (χ1) is 12.5. The van der Waals surface area contributed by atoms with Crippen LogP contribution in [0.15, 0.2) is 54.0 Å². The van der Waals surface area contributed by atoms with E-state index < -0.39 is 5.79 Å². The van der Waals surface area contributed by atoms with E-state index in [9.17, 15) is 0 Å². The topological polar surface area (TPSA) is 118 Å². The Morgan fingerprint density at radius 3 is 2.77 bits per heavy atom. The average Bonchev–Trinajstić information content (AvgIpc) is 3.09. The maximum Gasteiger partial charge on any atom is 0.212 e. The minimum absolute atomic E-state index is 0.318. The van der Waals surface area contributed by atoms with Gasteiger partial charge in [-0.05, 0) is 36.8 Å². The van der Waals surface area contributed by atoms with Crippen molar-refractivity contribution in [1.82, 2.24) is 15.0 Å². The molecular formula is C19H17N7. The Bertz CT molecular complexity index is 1060. The van der Waals surface area contributed by atoms with Gasteiger partial charge in [0.05, 0.1) is 6.33 Å². The molecule has 0 bridgehead atoms. The van der Waals surface area contributed by atoms with Crippen molar-refractivity contribution in [2.75, 3.05) is 5.32 Å². The van der Waals surface area contributed by atoms with Gasteiger partial charge in [0.15, 0.2) is 11.7 Å². The Labute approximate surface area is 150 Å². The van der Waals surface area contributed by atoms with Crippen molar-refractivity contribution in [2.24, 2.45) is 16.5 Å². The Morgan fingerprint density at radius 2 is 2.00 bits per heavy atom. The summed E-state index contributed by atoms with van der Waals surface area (Å²) in [5.74, 6) is 5.95. The Hall–Kier alpha value is -3.63. The van der Waals surface area contributed by atoms with Gasteiger partial charge in [-0.1, -0.05) is 17.9 Å². The van der Waals surface area contributed by atoms with Gasteiger partial charge in [-0.25, -0.2) is 9.98 Å². The second kappa shape index (κ2) is 6.02. The third-order valence-corrected chi connectivity index (χ3v) is 4.15. The molecule has 0 spiro atoms.